The van der Waals surface area contributed by atoms with Crippen molar-refractivity contribution in [2.75, 3.05) is 6.54 Å². The Labute approximate surface area is 205 Å². The second-order valence-electron chi connectivity index (χ2n) is 7.85. The number of aromatic amines is 1. The van der Waals surface area contributed by atoms with Crippen molar-refractivity contribution < 1.29 is 4.79 Å². The maximum absolute atomic E-state index is 11.5. The lowest BCUT2D eigenvalue weighted by Crippen LogP contribution is -2.29. The minimum atomic E-state index is -0.169. The van der Waals surface area contributed by atoms with Gasteiger partial charge in [-0.3, -0.25) is 4.79 Å². The largest absolute Gasteiger partial charge is 0.351 e. The van der Waals surface area contributed by atoms with Crippen molar-refractivity contribution in [3.63, 3.8) is 0 Å². The number of nitriles is 1. The molecule has 7 heteroatoms. The summed E-state index contributed by atoms with van der Waals surface area (Å²) in [5.74, 6) is 0.744. The minimum absolute atomic E-state index is 0. The summed E-state index contributed by atoms with van der Waals surface area (Å²) in [5, 5.41) is 11.8. The molecule has 0 bridgehead atoms. The Morgan fingerprint density at radius 2 is 1.65 bits per heavy atom. The molecule has 4 N–H and O–H groups in total. The molecule has 172 valence electrons. The fourth-order valence-electron chi connectivity index (χ4n) is 3.72. The number of amides is 1. The summed E-state index contributed by atoms with van der Waals surface area (Å²) in [5.41, 5.74) is 12.6. The van der Waals surface area contributed by atoms with Gasteiger partial charge in [0, 0.05) is 31.3 Å². The van der Waals surface area contributed by atoms with Gasteiger partial charge in [0.15, 0.2) is 0 Å². The number of hydrogen-bond acceptors (Lipinski definition) is 4. The number of carbonyl (C=O) groups excluding carboxylic acids is 1. The molecule has 34 heavy (non-hydrogen) atoms. The van der Waals surface area contributed by atoms with Gasteiger partial charge in [-0.1, -0.05) is 60.7 Å². The second kappa shape index (κ2) is 11.8. The van der Waals surface area contributed by atoms with Gasteiger partial charge in [-0.05, 0) is 39.9 Å². The van der Waals surface area contributed by atoms with Crippen molar-refractivity contribution in [2.45, 2.75) is 19.4 Å². The quantitative estimate of drug-likeness (QED) is 0.359. The first kappa shape index (κ1) is 24.7. The van der Waals surface area contributed by atoms with E-state index in [0.717, 1.165) is 45.8 Å². The number of aromatic nitrogens is 2. The first-order chi connectivity index (χ1) is 16.1. The standard InChI is InChI=1S/C27H25N5O.ClH/c28-15-21-7-5-19(6-8-21)13-24-18-30-26(32-24)14-20-9-11-22(12-10-20)25-4-2-1-3-23(25)17-31-27(33)16-29;/h1-12,18H,13-14,16-17,29H2,(H,30,32)(H,31,33);1H. The molecule has 0 aliphatic rings. The zero-order valence-corrected chi connectivity index (χ0v) is 19.4. The second-order valence-corrected chi connectivity index (χ2v) is 7.85. The maximum Gasteiger partial charge on any atom is 0.234 e. The van der Waals surface area contributed by atoms with Crippen molar-refractivity contribution in [3.8, 4) is 17.2 Å². The zero-order valence-electron chi connectivity index (χ0n) is 18.6. The molecular formula is C27H26ClN5O. The number of carbonyl (C=O) groups is 1. The average molecular weight is 472 g/mol. The molecule has 0 saturated heterocycles. The van der Waals surface area contributed by atoms with Gasteiger partial charge in [0.1, 0.15) is 5.82 Å². The van der Waals surface area contributed by atoms with Crippen molar-refractivity contribution in [1.29, 1.82) is 5.26 Å². The Bertz CT molecular complexity index is 1270. The number of hydrogen-bond donors (Lipinski definition) is 3. The van der Waals surface area contributed by atoms with Crippen LogP contribution in [-0.4, -0.2) is 22.4 Å². The monoisotopic (exact) mass is 471 g/mol. The minimum Gasteiger partial charge on any atom is -0.351 e. The van der Waals surface area contributed by atoms with Crippen LogP contribution in [0, 0.1) is 11.3 Å². The van der Waals surface area contributed by atoms with Crippen molar-refractivity contribution >= 4 is 18.3 Å². The Kier molecular flexibility index (Phi) is 8.58. The summed E-state index contributed by atoms with van der Waals surface area (Å²) in [6.07, 6.45) is 3.32. The van der Waals surface area contributed by atoms with Crippen LogP contribution in [0.3, 0.4) is 0 Å². The van der Waals surface area contributed by atoms with Gasteiger partial charge in [0.05, 0.1) is 18.2 Å². The van der Waals surface area contributed by atoms with E-state index in [1.165, 1.54) is 0 Å². The van der Waals surface area contributed by atoms with E-state index in [1.54, 1.807) is 0 Å². The van der Waals surface area contributed by atoms with E-state index >= 15 is 0 Å². The summed E-state index contributed by atoms with van der Waals surface area (Å²) < 4.78 is 0. The maximum atomic E-state index is 11.5. The average Bonchev–Trinajstić information content (AvgIpc) is 3.30. The molecule has 1 aromatic heterocycles. The van der Waals surface area contributed by atoms with Crippen LogP contribution in [0.4, 0.5) is 0 Å². The number of nitrogens with one attached hydrogen (secondary N) is 2. The highest BCUT2D eigenvalue weighted by atomic mass is 35.5. The summed E-state index contributed by atoms with van der Waals surface area (Å²) >= 11 is 0. The predicted molar refractivity (Wildman–Crippen MR) is 135 cm³/mol. The molecule has 4 rings (SSSR count). The molecule has 0 aliphatic carbocycles. The molecule has 0 spiro atoms. The highest BCUT2D eigenvalue weighted by Gasteiger charge is 2.08. The van der Waals surface area contributed by atoms with E-state index in [0.29, 0.717) is 18.5 Å². The van der Waals surface area contributed by atoms with E-state index < -0.39 is 0 Å². The van der Waals surface area contributed by atoms with Gasteiger partial charge in [0.25, 0.3) is 0 Å². The molecule has 6 nitrogen and oxygen atoms in total. The normalized spacial score (nSPS) is 10.2. The molecule has 0 atom stereocenters. The van der Waals surface area contributed by atoms with E-state index in [4.69, 9.17) is 11.0 Å². The molecule has 1 heterocycles. The molecule has 1 amide bonds. The summed E-state index contributed by atoms with van der Waals surface area (Å²) in [7, 11) is 0. The molecule has 0 radical (unpaired) electrons. The van der Waals surface area contributed by atoms with E-state index in [9.17, 15) is 4.79 Å². The van der Waals surface area contributed by atoms with E-state index in [1.807, 2.05) is 48.7 Å². The molecule has 3 aromatic carbocycles. The SMILES string of the molecule is Cl.N#Cc1ccc(Cc2cnc(Cc3ccc(-c4ccccc4CNC(=O)CN)cc3)[nH]2)cc1. The number of nitrogens with zero attached hydrogens (tertiary/aromatic N) is 2. The molecular weight excluding hydrogens is 446 g/mol. The first-order valence-electron chi connectivity index (χ1n) is 10.8. The third-order valence-corrected chi connectivity index (χ3v) is 5.47. The summed E-state index contributed by atoms with van der Waals surface area (Å²) in [6.45, 7) is 0.432. The number of imidazole rings is 1. The number of benzene rings is 3. The lowest BCUT2D eigenvalue weighted by molar-refractivity contribution is -0.119. The van der Waals surface area contributed by atoms with Crippen molar-refractivity contribution in [3.05, 3.63) is 113 Å². The molecule has 0 fully saturated rings. The van der Waals surface area contributed by atoms with Crippen LogP contribution in [-0.2, 0) is 24.2 Å². The lowest BCUT2D eigenvalue weighted by atomic mass is 9.98. The zero-order chi connectivity index (χ0) is 23.0. The number of H-pyrrole nitrogens is 1. The van der Waals surface area contributed by atoms with E-state index in [2.05, 4.69) is 51.7 Å². The van der Waals surface area contributed by atoms with Gasteiger partial charge in [0.2, 0.25) is 5.91 Å². The van der Waals surface area contributed by atoms with Crippen LogP contribution >= 0.6 is 12.4 Å². The van der Waals surface area contributed by atoms with Gasteiger partial charge in [-0.2, -0.15) is 5.26 Å². The van der Waals surface area contributed by atoms with Crippen LogP contribution in [0.5, 0.6) is 0 Å². The Morgan fingerprint density at radius 1 is 0.971 bits per heavy atom. The van der Waals surface area contributed by atoms with E-state index in [-0.39, 0.29) is 24.9 Å². The van der Waals surface area contributed by atoms with Gasteiger partial charge >= 0.3 is 0 Å². The van der Waals surface area contributed by atoms with Crippen LogP contribution in [0.2, 0.25) is 0 Å². The number of nitrogens with two attached hydrogens (primary N) is 1. The van der Waals surface area contributed by atoms with Crippen molar-refractivity contribution in [2.24, 2.45) is 5.73 Å². The smallest absolute Gasteiger partial charge is 0.234 e. The van der Waals surface area contributed by atoms with Crippen LogP contribution < -0.4 is 11.1 Å². The van der Waals surface area contributed by atoms with Crippen LogP contribution in [0.1, 0.15) is 33.8 Å². The Balaban J connectivity index is 0.00000324. The van der Waals surface area contributed by atoms with Gasteiger partial charge in [-0.25, -0.2) is 4.98 Å². The van der Waals surface area contributed by atoms with Crippen LogP contribution in [0.25, 0.3) is 11.1 Å². The fourth-order valence-corrected chi connectivity index (χ4v) is 3.72. The summed E-state index contributed by atoms with van der Waals surface area (Å²) in [6, 6.07) is 26.2. The predicted octanol–water partition coefficient (Wildman–Crippen LogP) is 4.13. The third kappa shape index (κ3) is 6.32. The lowest BCUT2D eigenvalue weighted by Gasteiger charge is -2.11. The van der Waals surface area contributed by atoms with Gasteiger partial charge < -0.3 is 16.0 Å². The molecule has 0 unspecified atom stereocenters. The first-order valence-corrected chi connectivity index (χ1v) is 10.8. The molecule has 4 aromatic rings. The highest BCUT2D eigenvalue weighted by molar-refractivity contribution is 5.85. The summed E-state index contributed by atoms with van der Waals surface area (Å²) in [4.78, 5) is 19.5. The number of rotatable bonds is 8. The fraction of sp³-hybridized carbons (Fsp3) is 0.148. The van der Waals surface area contributed by atoms with Crippen LogP contribution in [0.15, 0.2) is 79.0 Å². The van der Waals surface area contributed by atoms with Crippen molar-refractivity contribution in [1.82, 2.24) is 15.3 Å². The topological polar surface area (TPSA) is 108 Å². The third-order valence-electron chi connectivity index (χ3n) is 5.47. The Morgan fingerprint density at radius 3 is 2.35 bits per heavy atom. The van der Waals surface area contributed by atoms with Gasteiger partial charge in [-0.15, -0.1) is 12.4 Å². The molecule has 0 aliphatic heterocycles. The molecule has 0 saturated carbocycles. The Hall–Kier alpha value is -3.92. The highest BCUT2D eigenvalue weighted by Crippen LogP contribution is 2.24. The number of halogens is 1.